The molecule has 1 fully saturated rings. The molecule has 2 amide bonds. The number of amides is 2. The summed E-state index contributed by atoms with van der Waals surface area (Å²) in [7, 11) is 1.39. The minimum Gasteiger partial charge on any atom is -0.454 e. The zero-order chi connectivity index (χ0) is 29.0. The molecule has 2 aliphatic heterocycles. The summed E-state index contributed by atoms with van der Waals surface area (Å²) in [5.41, 5.74) is -0.157. The summed E-state index contributed by atoms with van der Waals surface area (Å²) in [5, 5.41) is 2.87. The van der Waals surface area contributed by atoms with E-state index in [2.05, 4.69) is 20.3 Å². The van der Waals surface area contributed by atoms with Gasteiger partial charge in [-0.1, -0.05) is 6.07 Å². The number of ether oxygens (including phenoxy) is 3. The first-order valence-electron chi connectivity index (χ1n) is 12.8. The van der Waals surface area contributed by atoms with Gasteiger partial charge in [0.1, 0.15) is 18.8 Å². The first kappa shape index (κ1) is 28.1. The molecule has 15 heteroatoms. The Balaban J connectivity index is 1.29. The summed E-state index contributed by atoms with van der Waals surface area (Å²) >= 11 is 0. The largest absolute Gasteiger partial charge is 0.454 e. The monoisotopic (exact) mass is 575 g/mol. The van der Waals surface area contributed by atoms with E-state index in [1.54, 1.807) is 4.90 Å². The molecular weight excluding hydrogens is 547 g/mol. The van der Waals surface area contributed by atoms with Gasteiger partial charge in [-0.25, -0.2) is 9.97 Å². The fraction of sp³-hybridized carbons (Fsp3) is 0.423. The Morgan fingerprint density at radius 1 is 1.15 bits per heavy atom. The Morgan fingerprint density at radius 3 is 2.73 bits per heavy atom. The fourth-order valence-corrected chi connectivity index (χ4v) is 4.72. The Morgan fingerprint density at radius 2 is 1.98 bits per heavy atom. The molecule has 41 heavy (non-hydrogen) atoms. The third-order valence-electron chi connectivity index (χ3n) is 6.72. The fourth-order valence-electron chi connectivity index (χ4n) is 4.72. The van der Waals surface area contributed by atoms with Gasteiger partial charge >= 0.3 is 6.18 Å². The van der Waals surface area contributed by atoms with Crippen LogP contribution in [0.1, 0.15) is 17.7 Å². The van der Waals surface area contributed by atoms with Crippen LogP contribution < -0.4 is 19.7 Å². The van der Waals surface area contributed by atoms with Crippen molar-refractivity contribution in [1.29, 1.82) is 0 Å². The normalized spacial score (nSPS) is 16.6. The van der Waals surface area contributed by atoms with Crippen LogP contribution in [0.2, 0.25) is 0 Å². The molecule has 0 bridgehead atoms. The molecule has 218 valence electrons. The van der Waals surface area contributed by atoms with Crippen molar-refractivity contribution in [3.05, 3.63) is 54.2 Å². The third-order valence-corrected chi connectivity index (χ3v) is 6.72. The molecule has 2 aliphatic rings. The van der Waals surface area contributed by atoms with Crippen LogP contribution in [0.25, 0.3) is 5.95 Å². The van der Waals surface area contributed by atoms with E-state index in [0.29, 0.717) is 24.5 Å². The topological polar surface area (TPSA) is 124 Å². The molecule has 0 saturated carbocycles. The Kier molecular flexibility index (Phi) is 8.23. The Bertz CT molecular complexity index is 1390. The maximum absolute atomic E-state index is 13.7. The Hall–Kier alpha value is -4.40. The molecule has 4 heterocycles. The Labute approximate surface area is 233 Å². The number of benzene rings is 1. The maximum Gasteiger partial charge on any atom is 0.433 e. The van der Waals surface area contributed by atoms with E-state index in [1.807, 2.05) is 18.2 Å². The standard InChI is InChI=1S/C26H28F3N7O5/c1-39-14-24(38)36-9-8-34(22-12-21(26(27,28)29)32-25(33-22)35-7-6-30-15-35)13-18(36)11-23(37)31-5-4-17-2-3-19-20(10-17)41-16-40-19/h2-3,6-7,10,12,15,18H,4-5,8-9,11,13-14,16H2,1H3,(H,31,37). The van der Waals surface area contributed by atoms with Gasteiger partial charge in [-0.05, 0) is 24.1 Å². The molecule has 1 aromatic carbocycles. The molecule has 2 aromatic heterocycles. The molecule has 1 atom stereocenters. The van der Waals surface area contributed by atoms with Gasteiger partial charge in [-0.3, -0.25) is 14.2 Å². The second-order valence-electron chi connectivity index (χ2n) is 9.49. The zero-order valence-corrected chi connectivity index (χ0v) is 22.1. The van der Waals surface area contributed by atoms with E-state index in [-0.39, 0.29) is 63.0 Å². The second-order valence-corrected chi connectivity index (χ2v) is 9.49. The smallest absolute Gasteiger partial charge is 0.433 e. The summed E-state index contributed by atoms with van der Waals surface area (Å²) < 4.78 is 58.1. The van der Waals surface area contributed by atoms with E-state index in [0.717, 1.165) is 11.6 Å². The molecule has 3 aromatic rings. The van der Waals surface area contributed by atoms with Crippen LogP contribution in [-0.4, -0.2) is 89.0 Å². The number of carbonyl (C=O) groups is 2. The van der Waals surface area contributed by atoms with E-state index >= 15 is 0 Å². The van der Waals surface area contributed by atoms with Gasteiger partial charge in [0.25, 0.3) is 0 Å². The van der Waals surface area contributed by atoms with Crippen LogP contribution in [0.4, 0.5) is 19.0 Å². The highest BCUT2D eigenvalue weighted by molar-refractivity contribution is 5.81. The lowest BCUT2D eigenvalue weighted by Gasteiger charge is -2.41. The van der Waals surface area contributed by atoms with Gasteiger partial charge in [0.2, 0.25) is 24.6 Å². The van der Waals surface area contributed by atoms with Crippen LogP contribution in [0.15, 0.2) is 43.0 Å². The minimum atomic E-state index is -4.71. The predicted molar refractivity (Wildman–Crippen MR) is 138 cm³/mol. The van der Waals surface area contributed by atoms with Crippen molar-refractivity contribution in [2.75, 3.05) is 51.6 Å². The number of fused-ring (bicyclic) bond motifs is 1. The number of halogens is 3. The van der Waals surface area contributed by atoms with Crippen LogP contribution in [0.3, 0.4) is 0 Å². The van der Waals surface area contributed by atoms with Crippen molar-refractivity contribution in [3.8, 4) is 17.4 Å². The number of rotatable bonds is 9. The van der Waals surface area contributed by atoms with Crippen molar-refractivity contribution in [2.24, 2.45) is 0 Å². The highest BCUT2D eigenvalue weighted by Crippen LogP contribution is 2.33. The lowest BCUT2D eigenvalue weighted by atomic mass is 10.1. The van der Waals surface area contributed by atoms with E-state index in [4.69, 9.17) is 14.2 Å². The molecule has 1 saturated heterocycles. The van der Waals surface area contributed by atoms with Crippen molar-refractivity contribution in [3.63, 3.8) is 0 Å². The zero-order valence-electron chi connectivity index (χ0n) is 22.1. The van der Waals surface area contributed by atoms with Crippen LogP contribution >= 0.6 is 0 Å². The van der Waals surface area contributed by atoms with Gasteiger partial charge in [0.05, 0.1) is 6.04 Å². The molecular formula is C26H28F3N7O5. The summed E-state index contributed by atoms with van der Waals surface area (Å²) in [6, 6.07) is 5.80. The predicted octanol–water partition coefficient (Wildman–Crippen LogP) is 1.82. The van der Waals surface area contributed by atoms with Gasteiger partial charge in [0, 0.05) is 58.2 Å². The lowest BCUT2D eigenvalue weighted by Crippen LogP contribution is -2.57. The first-order valence-corrected chi connectivity index (χ1v) is 12.8. The average Bonchev–Trinajstić information content (AvgIpc) is 3.65. The number of hydrogen-bond donors (Lipinski definition) is 1. The first-order chi connectivity index (χ1) is 19.7. The van der Waals surface area contributed by atoms with E-state index < -0.39 is 17.9 Å². The van der Waals surface area contributed by atoms with Gasteiger partial charge in [-0.15, -0.1) is 0 Å². The lowest BCUT2D eigenvalue weighted by molar-refractivity contribution is -0.141. The molecule has 5 rings (SSSR count). The molecule has 1 N–H and O–H groups in total. The number of anilines is 1. The minimum absolute atomic E-state index is 0.0306. The van der Waals surface area contributed by atoms with Crippen LogP contribution in [0, 0.1) is 0 Å². The second kappa shape index (κ2) is 12.0. The van der Waals surface area contributed by atoms with E-state index in [9.17, 15) is 22.8 Å². The number of alkyl halides is 3. The molecule has 0 spiro atoms. The van der Waals surface area contributed by atoms with Crippen molar-refractivity contribution in [2.45, 2.75) is 25.1 Å². The van der Waals surface area contributed by atoms with E-state index in [1.165, 1.54) is 35.3 Å². The van der Waals surface area contributed by atoms with Crippen molar-refractivity contribution in [1.82, 2.24) is 29.7 Å². The SMILES string of the molecule is COCC(=O)N1CCN(c2cc(C(F)(F)F)nc(-n3ccnc3)n2)CC1CC(=O)NCCc1ccc2c(c1)OCO2. The number of nitrogens with zero attached hydrogens (tertiary/aromatic N) is 6. The highest BCUT2D eigenvalue weighted by atomic mass is 19.4. The molecule has 12 nitrogen and oxygen atoms in total. The van der Waals surface area contributed by atoms with Crippen LogP contribution in [0.5, 0.6) is 11.5 Å². The summed E-state index contributed by atoms with van der Waals surface area (Å²) in [6.45, 7) is 0.791. The molecule has 1 unspecified atom stereocenters. The number of imidazole rings is 1. The number of carbonyl (C=O) groups excluding carboxylic acids is 2. The number of hydrogen-bond acceptors (Lipinski definition) is 9. The summed E-state index contributed by atoms with van der Waals surface area (Å²) in [5.74, 6) is 0.543. The van der Waals surface area contributed by atoms with Crippen molar-refractivity contribution < 1.29 is 37.0 Å². The quantitative estimate of drug-likeness (QED) is 0.407. The number of piperazine rings is 1. The number of aromatic nitrogens is 4. The van der Waals surface area contributed by atoms with Gasteiger partial charge in [-0.2, -0.15) is 18.2 Å². The van der Waals surface area contributed by atoms with Gasteiger partial charge < -0.3 is 29.3 Å². The van der Waals surface area contributed by atoms with Crippen molar-refractivity contribution >= 4 is 17.6 Å². The van der Waals surface area contributed by atoms with Gasteiger partial charge in [0.15, 0.2) is 17.2 Å². The highest BCUT2D eigenvalue weighted by Gasteiger charge is 2.37. The molecule has 0 radical (unpaired) electrons. The van der Waals surface area contributed by atoms with Crippen LogP contribution in [-0.2, 0) is 26.9 Å². The summed E-state index contributed by atoms with van der Waals surface area (Å²) in [4.78, 5) is 40.7. The maximum atomic E-state index is 13.7. The number of methoxy groups -OCH3 is 1. The summed E-state index contributed by atoms with van der Waals surface area (Å²) in [6.07, 6.45) is -0.0672. The molecule has 0 aliphatic carbocycles. The average molecular weight is 576 g/mol. The number of nitrogens with one attached hydrogen (secondary N) is 1. The third kappa shape index (κ3) is 6.67.